The molecule has 0 radical (unpaired) electrons. The molecule has 2 aliphatic rings. The molecule has 1 aromatic carbocycles. The van der Waals surface area contributed by atoms with Gasteiger partial charge in [0, 0.05) is 31.7 Å². The van der Waals surface area contributed by atoms with Crippen LogP contribution in [0.3, 0.4) is 0 Å². The van der Waals surface area contributed by atoms with Crippen molar-refractivity contribution >= 4 is 30.0 Å². The summed E-state index contributed by atoms with van der Waals surface area (Å²) in [6, 6.07) is 5.18. The molecule has 2 N–H and O–H groups in total. The van der Waals surface area contributed by atoms with E-state index in [0.717, 1.165) is 38.9 Å². The largest absolute Gasteiger partial charge is 0.495 e. The van der Waals surface area contributed by atoms with Crippen LogP contribution in [0.1, 0.15) is 29.6 Å². The first-order valence-corrected chi connectivity index (χ1v) is 9.31. The number of amides is 3. The summed E-state index contributed by atoms with van der Waals surface area (Å²) in [5, 5.41) is 5.98. The van der Waals surface area contributed by atoms with Crippen LogP contribution in [0.15, 0.2) is 18.2 Å². The van der Waals surface area contributed by atoms with Crippen LogP contribution in [-0.4, -0.2) is 63.7 Å². The number of urea groups is 1. The van der Waals surface area contributed by atoms with Crippen LogP contribution in [0, 0.1) is 5.92 Å². The van der Waals surface area contributed by atoms with E-state index in [1.54, 1.807) is 30.2 Å². The second kappa shape index (κ2) is 9.80. The smallest absolute Gasteiger partial charge is 0.322 e. The Balaban J connectivity index is 0.00000261. The number of halogens is 1. The van der Waals surface area contributed by atoms with Crippen LogP contribution in [0.25, 0.3) is 0 Å². The van der Waals surface area contributed by atoms with Crippen LogP contribution in [0.5, 0.6) is 5.75 Å². The summed E-state index contributed by atoms with van der Waals surface area (Å²) in [5.74, 6) is 1.32. The minimum Gasteiger partial charge on any atom is -0.495 e. The van der Waals surface area contributed by atoms with E-state index < -0.39 is 0 Å². The van der Waals surface area contributed by atoms with Crippen LogP contribution < -0.4 is 20.3 Å². The molecule has 2 fully saturated rings. The molecule has 8 heteroatoms. The van der Waals surface area contributed by atoms with Gasteiger partial charge in [-0.15, -0.1) is 12.4 Å². The lowest BCUT2D eigenvalue weighted by Crippen LogP contribution is -2.39. The molecule has 2 saturated heterocycles. The zero-order valence-corrected chi connectivity index (χ0v) is 16.8. The van der Waals surface area contributed by atoms with Gasteiger partial charge in [-0.25, -0.2) is 4.79 Å². The van der Waals surface area contributed by atoms with E-state index in [1.807, 2.05) is 11.9 Å². The highest BCUT2D eigenvalue weighted by molar-refractivity contribution is 5.99. The number of hydrogen-bond acceptors (Lipinski definition) is 4. The summed E-state index contributed by atoms with van der Waals surface area (Å²) < 4.78 is 5.39. The minimum absolute atomic E-state index is 0. The van der Waals surface area contributed by atoms with Crippen molar-refractivity contribution in [2.75, 3.05) is 51.8 Å². The Labute approximate surface area is 166 Å². The maximum absolute atomic E-state index is 12.9. The Kier molecular flexibility index (Phi) is 7.74. The number of carbonyl (C=O) groups is 2. The monoisotopic (exact) mass is 396 g/mol. The second-order valence-electron chi connectivity index (χ2n) is 6.90. The molecule has 0 aliphatic carbocycles. The average molecular weight is 397 g/mol. The number of benzene rings is 1. The summed E-state index contributed by atoms with van der Waals surface area (Å²) in [6.07, 6.45) is 3.26. The fourth-order valence-electron chi connectivity index (χ4n) is 3.69. The van der Waals surface area contributed by atoms with Crippen molar-refractivity contribution in [2.45, 2.75) is 19.3 Å². The number of carbonyl (C=O) groups excluding carboxylic acids is 2. The van der Waals surface area contributed by atoms with Crippen LogP contribution >= 0.6 is 12.4 Å². The van der Waals surface area contributed by atoms with Gasteiger partial charge in [0.05, 0.1) is 12.8 Å². The summed E-state index contributed by atoms with van der Waals surface area (Å²) in [5.41, 5.74) is 1.26. The van der Waals surface area contributed by atoms with Gasteiger partial charge in [0.2, 0.25) is 0 Å². The zero-order chi connectivity index (χ0) is 18.5. The first-order valence-electron chi connectivity index (χ1n) is 9.31. The third kappa shape index (κ3) is 4.84. The predicted molar refractivity (Wildman–Crippen MR) is 108 cm³/mol. The fourth-order valence-corrected chi connectivity index (χ4v) is 3.69. The molecule has 150 valence electrons. The quantitative estimate of drug-likeness (QED) is 0.772. The third-order valence-electron chi connectivity index (χ3n) is 5.28. The summed E-state index contributed by atoms with van der Waals surface area (Å²) in [4.78, 5) is 28.5. The highest BCUT2D eigenvalue weighted by Crippen LogP contribution is 2.31. The number of rotatable bonds is 6. The van der Waals surface area contributed by atoms with E-state index in [9.17, 15) is 9.59 Å². The Bertz CT molecular complexity index is 662. The predicted octanol–water partition coefficient (Wildman–Crippen LogP) is 2.11. The van der Waals surface area contributed by atoms with Crippen LogP contribution in [0.2, 0.25) is 0 Å². The lowest BCUT2D eigenvalue weighted by molar-refractivity contribution is 0.0687. The van der Waals surface area contributed by atoms with Gasteiger partial charge in [-0.05, 0) is 57.0 Å². The van der Waals surface area contributed by atoms with E-state index in [-0.39, 0.29) is 24.3 Å². The van der Waals surface area contributed by atoms with Crippen LogP contribution in [-0.2, 0) is 0 Å². The maximum atomic E-state index is 12.9. The topological polar surface area (TPSA) is 73.9 Å². The van der Waals surface area contributed by atoms with Crippen molar-refractivity contribution in [1.82, 2.24) is 15.5 Å². The standard InChI is InChI=1S/C19H28N4O3.ClH/c1-20-8-5-14-6-10-22(11-7-14)18(24)15-3-4-17(26-2)16(13-15)23-12-9-21-19(23)25;/h3-4,13-14,20H,5-12H2,1-2H3,(H,21,25);1H. The van der Waals surface area contributed by atoms with Gasteiger partial charge in [0.25, 0.3) is 5.91 Å². The van der Waals surface area contributed by atoms with Crippen molar-refractivity contribution < 1.29 is 14.3 Å². The molecule has 0 atom stereocenters. The summed E-state index contributed by atoms with van der Waals surface area (Å²) in [7, 11) is 3.55. The van der Waals surface area contributed by atoms with E-state index in [0.29, 0.717) is 36.0 Å². The van der Waals surface area contributed by atoms with Crippen molar-refractivity contribution in [3.8, 4) is 5.75 Å². The second-order valence-corrected chi connectivity index (χ2v) is 6.90. The number of methoxy groups -OCH3 is 1. The summed E-state index contributed by atoms with van der Waals surface area (Å²) >= 11 is 0. The Hall–Kier alpha value is -1.99. The molecule has 0 aromatic heterocycles. The normalized spacial score (nSPS) is 17.5. The molecular weight excluding hydrogens is 368 g/mol. The number of nitrogens with zero attached hydrogens (tertiary/aromatic N) is 2. The highest BCUT2D eigenvalue weighted by atomic mass is 35.5. The molecule has 0 unspecified atom stereocenters. The SMILES string of the molecule is CNCCC1CCN(C(=O)c2ccc(OC)c(N3CCNC3=O)c2)CC1.Cl. The van der Waals surface area contributed by atoms with Crippen molar-refractivity contribution in [1.29, 1.82) is 0 Å². The van der Waals surface area contributed by atoms with Gasteiger partial charge in [-0.2, -0.15) is 0 Å². The molecule has 2 aliphatic heterocycles. The van der Waals surface area contributed by atoms with Gasteiger partial charge >= 0.3 is 6.03 Å². The third-order valence-corrected chi connectivity index (χ3v) is 5.28. The van der Waals surface area contributed by atoms with E-state index in [2.05, 4.69) is 10.6 Å². The van der Waals surface area contributed by atoms with E-state index >= 15 is 0 Å². The first kappa shape index (κ1) is 21.3. The number of anilines is 1. The minimum atomic E-state index is -0.154. The number of nitrogens with one attached hydrogen (secondary N) is 2. The lowest BCUT2D eigenvalue weighted by Gasteiger charge is -2.32. The molecule has 3 rings (SSSR count). The Morgan fingerprint density at radius 3 is 2.63 bits per heavy atom. The van der Waals surface area contributed by atoms with Gasteiger partial charge < -0.3 is 20.3 Å². The maximum Gasteiger partial charge on any atom is 0.322 e. The molecule has 2 heterocycles. The first-order chi connectivity index (χ1) is 12.6. The van der Waals surface area contributed by atoms with Crippen molar-refractivity contribution in [3.63, 3.8) is 0 Å². The van der Waals surface area contributed by atoms with Crippen molar-refractivity contribution in [2.24, 2.45) is 5.92 Å². The van der Waals surface area contributed by atoms with Crippen LogP contribution in [0.4, 0.5) is 10.5 Å². The highest BCUT2D eigenvalue weighted by Gasteiger charge is 2.27. The lowest BCUT2D eigenvalue weighted by atomic mass is 9.93. The number of hydrogen-bond donors (Lipinski definition) is 2. The van der Waals surface area contributed by atoms with Gasteiger partial charge in [-0.1, -0.05) is 0 Å². The molecule has 27 heavy (non-hydrogen) atoms. The molecule has 0 bridgehead atoms. The fraction of sp³-hybridized carbons (Fsp3) is 0.579. The van der Waals surface area contributed by atoms with E-state index in [1.165, 1.54) is 0 Å². The molecule has 0 spiro atoms. The zero-order valence-electron chi connectivity index (χ0n) is 16.0. The van der Waals surface area contributed by atoms with Gasteiger partial charge in [-0.3, -0.25) is 9.69 Å². The van der Waals surface area contributed by atoms with Gasteiger partial charge in [0.1, 0.15) is 5.75 Å². The molecule has 1 aromatic rings. The Morgan fingerprint density at radius 1 is 1.30 bits per heavy atom. The molecular formula is C19H29ClN4O3. The molecule has 3 amide bonds. The average Bonchev–Trinajstić information content (AvgIpc) is 3.11. The molecule has 7 nitrogen and oxygen atoms in total. The number of ether oxygens (including phenoxy) is 1. The van der Waals surface area contributed by atoms with E-state index in [4.69, 9.17) is 4.74 Å². The van der Waals surface area contributed by atoms with Gasteiger partial charge in [0.15, 0.2) is 0 Å². The summed E-state index contributed by atoms with van der Waals surface area (Å²) in [6.45, 7) is 3.78. The Morgan fingerprint density at radius 2 is 2.04 bits per heavy atom. The number of piperidine rings is 1. The number of likely N-dealkylation sites (tertiary alicyclic amines) is 1. The molecule has 0 saturated carbocycles. The van der Waals surface area contributed by atoms with Crippen molar-refractivity contribution in [3.05, 3.63) is 23.8 Å².